The number of carbonyl (C=O) groups excluding carboxylic acids is 1. The monoisotopic (exact) mass is 593 g/mol. The van der Waals surface area contributed by atoms with Gasteiger partial charge in [-0.3, -0.25) is 9.52 Å². The number of halogens is 1. The van der Waals surface area contributed by atoms with Gasteiger partial charge < -0.3 is 25.3 Å². The van der Waals surface area contributed by atoms with E-state index in [2.05, 4.69) is 14.8 Å². The zero-order valence-electron chi connectivity index (χ0n) is 22.7. The van der Waals surface area contributed by atoms with Crippen LogP contribution in [0.25, 0.3) is 16.6 Å². The Labute approximate surface area is 240 Å². The Bertz CT molecular complexity index is 1900. The van der Waals surface area contributed by atoms with E-state index in [1.54, 1.807) is 49.4 Å². The highest BCUT2D eigenvalue weighted by atomic mass is 32.2. The molecular weight excluding hydrogens is 565 g/mol. The Morgan fingerprint density at radius 3 is 2.62 bits per heavy atom. The summed E-state index contributed by atoms with van der Waals surface area (Å²) < 4.78 is 53.0. The number of rotatable bonds is 11. The van der Waals surface area contributed by atoms with Crippen LogP contribution in [-0.2, 0) is 10.0 Å². The zero-order valence-corrected chi connectivity index (χ0v) is 23.5. The topological polar surface area (TPSA) is 162 Å². The van der Waals surface area contributed by atoms with E-state index < -0.39 is 21.6 Å². The summed E-state index contributed by atoms with van der Waals surface area (Å²) in [7, 11) is -3.62. The number of hydrogen-bond acceptors (Lipinski definition) is 8. The summed E-state index contributed by atoms with van der Waals surface area (Å²) in [5, 5.41) is 14.0. The van der Waals surface area contributed by atoms with Gasteiger partial charge in [-0.05, 0) is 61.0 Å². The predicted octanol–water partition coefficient (Wildman–Crippen LogP) is 4.54. The minimum absolute atomic E-state index is 0.0832. The molecule has 0 aliphatic carbocycles. The minimum atomic E-state index is -3.62. The molecule has 11 nitrogen and oxygen atoms in total. The van der Waals surface area contributed by atoms with E-state index in [-0.39, 0.29) is 47.5 Å². The van der Waals surface area contributed by atoms with Crippen molar-refractivity contribution in [1.29, 1.82) is 0 Å². The summed E-state index contributed by atoms with van der Waals surface area (Å²) in [6.45, 7) is 1.88. The normalized spacial score (nSPS) is 11.5. The van der Waals surface area contributed by atoms with Gasteiger partial charge in [0.1, 0.15) is 17.3 Å². The van der Waals surface area contributed by atoms with Gasteiger partial charge in [-0.25, -0.2) is 17.5 Å². The largest absolute Gasteiger partial charge is 0.491 e. The fraction of sp³-hybridized carbons (Fsp3) is 0.172. The molecule has 218 valence electrons. The van der Waals surface area contributed by atoms with Gasteiger partial charge in [0, 0.05) is 23.9 Å². The molecule has 0 aliphatic rings. The first-order chi connectivity index (χ1) is 20.0. The molecule has 0 saturated carbocycles. The molecule has 0 spiro atoms. The first kappa shape index (κ1) is 28.6. The number of sulfonamides is 1. The quantitative estimate of drug-likeness (QED) is 0.128. The smallest absolute Gasteiger partial charge is 0.229 e. The minimum Gasteiger partial charge on any atom is -0.491 e. The van der Waals surface area contributed by atoms with Crippen molar-refractivity contribution in [2.75, 3.05) is 29.9 Å². The molecule has 0 radical (unpaired) electrons. The van der Waals surface area contributed by atoms with Crippen molar-refractivity contribution in [3.8, 4) is 22.9 Å². The number of aliphatic hydroxyl groups excluding tert-OH is 1. The van der Waals surface area contributed by atoms with Gasteiger partial charge in [0.2, 0.25) is 15.8 Å². The maximum absolute atomic E-state index is 14.0. The molecule has 2 heterocycles. The molecule has 5 N–H and O–H groups in total. The van der Waals surface area contributed by atoms with Crippen LogP contribution in [0, 0.1) is 12.7 Å². The molecule has 13 heteroatoms. The lowest BCUT2D eigenvalue weighted by molar-refractivity contribution is 0.103. The number of nitrogens with two attached hydrogens (primary N) is 1. The number of benzene rings is 3. The Hall–Kier alpha value is -4.88. The number of hydrogen-bond donors (Lipinski definition) is 4. The molecule has 0 amide bonds. The summed E-state index contributed by atoms with van der Waals surface area (Å²) in [5.74, 6) is 0.00438. The number of ether oxygens (including phenoxy) is 2. The van der Waals surface area contributed by atoms with Crippen LogP contribution >= 0.6 is 0 Å². The van der Waals surface area contributed by atoms with Gasteiger partial charge in [0.15, 0.2) is 11.6 Å². The third-order valence-corrected chi connectivity index (χ3v) is 6.92. The highest BCUT2D eigenvalue weighted by molar-refractivity contribution is 7.92. The van der Waals surface area contributed by atoms with E-state index in [1.807, 2.05) is 0 Å². The van der Waals surface area contributed by atoms with Crippen LogP contribution in [0.1, 0.15) is 28.0 Å². The number of aliphatic hydroxyl groups is 1. The predicted molar refractivity (Wildman–Crippen MR) is 157 cm³/mol. The van der Waals surface area contributed by atoms with E-state index >= 15 is 0 Å². The van der Waals surface area contributed by atoms with E-state index in [4.69, 9.17) is 20.3 Å². The molecule has 0 fully saturated rings. The number of aromatic nitrogens is 3. The molecule has 0 aliphatic heterocycles. The highest BCUT2D eigenvalue weighted by Crippen LogP contribution is 2.33. The lowest BCUT2D eigenvalue weighted by atomic mass is 10.1. The number of anilines is 2. The van der Waals surface area contributed by atoms with Crippen molar-refractivity contribution >= 4 is 38.2 Å². The Morgan fingerprint density at radius 1 is 1.12 bits per heavy atom. The van der Waals surface area contributed by atoms with Gasteiger partial charge in [-0.15, -0.1) is 0 Å². The fourth-order valence-electron chi connectivity index (χ4n) is 4.34. The van der Waals surface area contributed by atoms with Crippen LogP contribution in [-0.4, -0.2) is 53.5 Å². The van der Waals surface area contributed by atoms with Gasteiger partial charge in [0.25, 0.3) is 0 Å². The first-order valence-electron chi connectivity index (χ1n) is 12.8. The van der Waals surface area contributed by atoms with Crippen molar-refractivity contribution in [3.05, 3.63) is 89.5 Å². The Morgan fingerprint density at radius 2 is 1.90 bits per heavy atom. The Kier molecular flexibility index (Phi) is 7.87. The molecule has 42 heavy (non-hydrogen) atoms. The third kappa shape index (κ3) is 6.06. The van der Waals surface area contributed by atoms with Crippen molar-refractivity contribution in [2.24, 2.45) is 0 Å². The number of fused-ring (bicyclic) bond motifs is 1. The van der Waals surface area contributed by atoms with Crippen LogP contribution in [0.15, 0.2) is 66.9 Å². The molecule has 0 saturated heterocycles. The van der Waals surface area contributed by atoms with Gasteiger partial charge in [0.05, 0.1) is 41.7 Å². The van der Waals surface area contributed by atoms with Crippen LogP contribution < -0.4 is 19.9 Å². The second-order valence-corrected chi connectivity index (χ2v) is 11.3. The lowest BCUT2D eigenvalue weighted by Crippen LogP contribution is -2.11. The van der Waals surface area contributed by atoms with Gasteiger partial charge in [-0.1, -0.05) is 12.1 Å². The molecular formula is C29H28FN5O6S. The number of nitrogens with one attached hydrogen (secondary N) is 2. The number of carbonyl (C=O) groups is 1. The molecule has 5 aromatic rings. The van der Waals surface area contributed by atoms with Crippen LogP contribution in [0.2, 0.25) is 0 Å². The van der Waals surface area contributed by atoms with Gasteiger partial charge in [-0.2, -0.15) is 5.10 Å². The van der Waals surface area contributed by atoms with E-state index in [0.29, 0.717) is 34.3 Å². The van der Waals surface area contributed by atoms with Crippen LogP contribution in [0.3, 0.4) is 0 Å². The summed E-state index contributed by atoms with van der Waals surface area (Å²) in [4.78, 5) is 16.5. The Balaban J connectivity index is 1.42. The molecule has 2 aromatic heterocycles. The first-order valence-corrected chi connectivity index (χ1v) is 14.7. The van der Waals surface area contributed by atoms with Crippen molar-refractivity contribution in [3.63, 3.8) is 0 Å². The maximum atomic E-state index is 14.0. The molecule has 5 rings (SSSR count). The number of nitrogen functional groups attached to an aromatic ring is 1. The van der Waals surface area contributed by atoms with Crippen LogP contribution in [0.4, 0.5) is 15.9 Å². The van der Waals surface area contributed by atoms with Crippen molar-refractivity contribution in [2.45, 2.75) is 13.3 Å². The summed E-state index contributed by atoms with van der Waals surface area (Å²) >= 11 is 0. The standard InChI is InChI=1S/C29H28FN5O6S/c1-17-12-19(8-9-25(17)41-26-7-4-3-6-21(26)30)35-29(31)20(16-32-35)28(37)24-13-18-14-27(40-11-5-10-36)23(15-22(18)33-24)34-42(2,38)39/h3-4,6-9,12-16,33-34,36H,5,10-11,31H2,1-2H3. The second-order valence-electron chi connectivity index (χ2n) is 9.59. The number of aromatic amines is 1. The molecule has 0 atom stereocenters. The fourth-order valence-corrected chi connectivity index (χ4v) is 4.90. The third-order valence-electron chi connectivity index (χ3n) is 6.33. The van der Waals surface area contributed by atoms with E-state index in [1.165, 1.54) is 29.1 Å². The maximum Gasteiger partial charge on any atom is 0.229 e. The molecule has 3 aromatic carbocycles. The number of H-pyrrole nitrogens is 1. The second kappa shape index (κ2) is 11.5. The van der Waals surface area contributed by atoms with E-state index in [9.17, 15) is 17.6 Å². The van der Waals surface area contributed by atoms with E-state index in [0.717, 1.165) is 6.26 Å². The number of aryl methyl sites for hydroxylation is 1. The molecule has 0 bridgehead atoms. The zero-order chi connectivity index (χ0) is 30.0. The SMILES string of the molecule is Cc1cc(-n2ncc(C(=O)c3cc4cc(OCCCO)c(NS(C)(=O)=O)cc4[nH]3)c2N)ccc1Oc1ccccc1F. The summed E-state index contributed by atoms with van der Waals surface area (Å²) in [6, 6.07) is 16.0. The number of nitrogens with zero attached hydrogens (tertiary/aromatic N) is 2. The average Bonchev–Trinajstić information content (AvgIpc) is 3.53. The summed E-state index contributed by atoms with van der Waals surface area (Å²) in [6.07, 6.45) is 2.74. The van der Waals surface area contributed by atoms with Crippen molar-refractivity contribution in [1.82, 2.24) is 14.8 Å². The summed E-state index contributed by atoms with van der Waals surface area (Å²) in [5.41, 5.74) is 8.66. The lowest BCUT2D eigenvalue weighted by Gasteiger charge is -2.12. The molecule has 0 unspecified atom stereocenters. The van der Waals surface area contributed by atoms with Crippen LogP contribution in [0.5, 0.6) is 17.2 Å². The van der Waals surface area contributed by atoms with Gasteiger partial charge >= 0.3 is 0 Å². The number of ketones is 1. The highest BCUT2D eigenvalue weighted by Gasteiger charge is 2.21. The number of para-hydroxylation sites is 1. The van der Waals surface area contributed by atoms with Crippen molar-refractivity contribution < 1.29 is 32.2 Å². The average molecular weight is 594 g/mol.